The van der Waals surface area contributed by atoms with Crippen LogP contribution in [0.3, 0.4) is 0 Å². The Labute approximate surface area is 86.2 Å². The van der Waals surface area contributed by atoms with Crippen LogP contribution in [0.25, 0.3) is 0 Å². The zero-order chi connectivity index (χ0) is 11.0. The fourth-order valence-electron chi connectivity index (χ4n) is 1.00. The molecule has 0 aromatic rings. The molecular formula is C12H20FN. The number of halogens is 1. The minimum absolute atomic E-state index is 0.330. The van der Waals surface area contributed by atoms with Crippen LogP contribution in [0, 0.1) is 0 Å². The number of alkyl halides is 1. The van der Waals surface area contributed by atoms with Crippen LogP contribution < -0.4 is 5.73 Å². The van der Waals surface area contributed by atoms with E-state index < -0.39 is 6.67 Å². The summed E-state index contributed by atoms with van der Waals surface area (Å²) in [5.74, 6) is 0. The number of hydrogen-bond donors (Lipinski definition) is 1. The summed E-state index contributed by atoms with van der Waals surface area (Å²) in [6, 6.07) is -0.330. The van der Waals surface area contributed by atoms with Crippen LogP contribution in [0.4, 0.5) is 4.39 Å². The summed E-state index contributed by atoms with van der Waals surface area (Å²) in [6.07, 6.45) is 7.50. The molecule has 0 rings (SSSR count). The van der Waals surface area contributed by atoms with Crippen molar-refractivity contribution in [1.82, 2.24) is 0 Å². The molecule has 0 heterocycles. The molecule has 0 aliphatic heterocycles. The molecule has 1 atom stereocenters. The molecule has 0 aliphatic rings. The van der Waals surface area contributed by atoms with Gasteiger partial charge in [0.15, 0.2) is 0 Å². The second kappa shape index (κ2) is 7.51. The average molecular weight is 197 g/mol. The highest BCUT2D eigenvalue weighted by atomic mass is 19.1. The van der Waals surface area contributed by atoms with Gasteiger partial charge >= 0.3 is 0 Å². The number of allylic oxidation sites excluding steroid dienone is 5. The predicted molar refractivity (Wildman–Crippen MR) is 60.9 cm³/mol. The van der Waals surface area contributed by atoms with Crippen molar-refractivity contribution in [3.8, 4) is 0 Å². The molecule has 0 bridgehead atoms. The summed E-state index contributed by atoms with van der Waals surface area (Å²) in [6.45, 7) is 7.24. The highest BCUT2D eigenvalue weighted by Gasteiger charge is 2.01. The lowest BCUT2D eigenvalue weighted by Gasteiger charge is -2.06. The van der Waals surface area contributed by atoms with Crippen molar-refractivity contribution in [1.29, 1.82) is 0 Å². The van der Waals surface area contributed by atoms with Crippen LogP contribution in [0.5, 0.6) is 0 Å². The normalized spacial score (nSPS) is 14.7. The highest BCUT2D eigenvalue weighted by molar-refractivity contribution is 5.24. The molecule has 0 saturated carbocycles. The molecule has 0 aliphatic carbocycles. The first kappa shape index (κ1) is 13.1. The van der Waals surface area contributed by atoms with Crippen molar-refractivity contribution < 1.29 is 4.39 Å². The standard InChI is InChI=1S/C12H20FN/c1-4-11(6-5-10(2)3)7-8-12(14)9-13/h4-6,12H,2,7-9,14H2,1,3H3/b6-5-,11-4+. The van der Waals surface area contributed by atoms with Gasteiger partial charge in [0.05, 0.1) is 0 Å². The Morgan fingerprint density at radius 2 is 2.14 bits per heavy atom. The van der Waals surface area contributed by atoms with Gasteiger partial charge < -0.3 is 5.73 Å². The summed E-state index contributed by atoms with van der Waals surface area (Å²) in [7, 11) is 0. The minimum Gasteiger partial charge on any atom is -0.325 e. The van der Waals surface area contributed by atoms with E-state index in [1.54, 1.807) is 0 Å². The largest absolute Gasteiger partial charge is 0.325 e. The molecule has 2 heteroatoms. The SMILES string of the molecule is C=C(C)/C=C\C(=C/C)CCC(N)CF. The van der Waals surface area contributed by atoms with E-state index in [1.165, 1.54) is 5.57 Å². The molecule has 1 nitrogen and oxygen atoms in total. The Hall–Kier alpha value is -0.890. The maximum Gasteiger partial charge on any atom is 0.104 e. The third-order valence-corrected chi connectivity index (χ3v) is 1.95. The lowest BCUT2D eigenvalue weighted by Crippen LogP contribution is -2.21. The van der Waals surface area contributed by atoms with Crippen molar-refractivity contribution in [3.63, 3.8) is 0 Å². The van der Waals surface area contributed by atoms with Crippen molar-refractivity contribution in [2.45, 2.75) is 32.7 Å². The predicted octanol–water partition coefficient (Wildman–Crippen LogP) is 3.14. The van der Waals surface area contributed by atoms with E-state index in [0.29, 0.717) is 6.42 Å². The molecule has 0 saturated heterocycles. The zero-order valence-corrected chi connectivity index (χ0v) is 9.09. The molecular weight excluding hydrogens is 177 g/mol. The van der Waals surface area contributed by atoms with E-state index in [4.69, 9.17) is 5.73 Å². The van der Waals surface area contributed by atoms with Gasteiger partial charge in [-0.3, -0.25) is 0 Å². The van der Waals surface area contributed by atoms with Gasteiger partial charge in [-0.05, 0) is 26.7 Å². The summed E-state index contributed by atoms with van der Waals surface area (Å²) < 4.78 is 12.1. The third kappa shape index (κ3) is 6.61. The Bertz CT molecular complexity index is 228. The van der Waals surface area contributed by atoms with Crippen LogP contribution in [0.1, 0.15) is 26.7 Å². The molecule has 0 radical (unpaired) electrons. The van der Waals surface area contributed by atoms with E-state index in [2.05, 4.69) is 6.58 Å². The molecule has 0 spiro atoms. The van der Waals surface area contributed by atoms with Gasteiger partial charge in [0.2, 0.25) is 0 Å². The summed E-state index contributed by atoms with van der Waals surface area (Å²) >= 11 is 0. The Morgan fingerprint density at radius 1 is 1.50 bits per heavy atom. The Balaban J connectivity index is 3.99. The molecule has 0 aromatic carbocycles. The molecule has 0 fully saturated rings. The molecule has 2 N–H and O–H groups in total. The van der Waals surface area contributed by atoms with Gasteiger partial charge in [-0.25, -0.2) is 4.39 Å². The number of rotatable bonds is 6. The Morgan fingerprint density at radius 3 is 2.57 bits per heavy atom. The maximum atomic E-state index is 12.1. The Kier molecular flexibility index (Phi) is 7.03. The first-order valence-corrected chi connectivity index (χ1v) is 4.90. The van der Waals surface area contributed by atoms with Gasteiger partial charge in [0.1, 0.15) is 6.67 Å². The fraction of sp³-hybridized carbons (Fsp3) is 0.500. The molecule has 0 aromatic heterocycles. The van der Waals surface area contributed by atoms with E-state index >= 15 is 0 Å². The molecule has 0 amide bonds. The first-order valence-electron chi connectivity index (χ1n) is 4.90. The second-order valence-electron chi connectivity index (χ2n) is 3.50. The first-order chi connectivity index (χ1) is 6.60. The van der Waals surface area contributed by atoms with Crippen molar-refractivity contribution in [3.05, 3.63) is 36.0 Å². The maximum absolute atomic E-state index is 12.1. The van der Waals surface area contributed by atoms with Crippen LogP contribution in [-0.2, 0) is 0 Å². The third-order valence-electron chi connectivity index (χ3n) is 1.95. The van der Waals surface area contributed by atoms with Gasteiger partial charge in [-0.1, -0.05) is 36.0 Å². The average Bonchev–Trinajstić information content (AvgIpc) is 2.17. The lowest BCUT2D eigenvalue weighted by molar-refractivity contribution is 0.414. The summed E-state index contributed by atoms with van der Waals surface area (Å²) in [5, 5.41) is 0. The van der Waals surface area contributed by atoms with E-state index in [0.717, 1.165) is 12.0 Å². The molecule has 80 valence electrons. The van der Waals surface area contributed by atoms with E-state index in [-0.39, 0.29) is 6.04 Å². The number of nitrogens with two attached hydrogens (primary N) is 1. The van der Waals surface area contributed by atoms with Crippen LogP contribution in [0.2, 0.25) is 0 Å². The van der Waals surface area contributed by atoms with Crippen LogP contribution in [-0.4, -0.2) is 12.7 Å². The van der Waals surface area contributed by atoms with Crippen molar-refractivity contribution >= 4 is 0 Å². The quantitative estimate of drug-likeness (QED) is 0.650. The van der Waals surface area contributed by atoms with Gasteiger partial charge in [0.25, 0.3) is 0 Å². The monoisotopic (exact) mass is 197 g/mol. The minimum atomic E-state index is -0.443. The summed E-state index contributed by atoms with van der Waals surface area (Å²) in [5.41, 5.74) is 7.68. The molecule has 14 heavy (non-hydrogen) atoms. The van der Waals surface area contributed by atoms with Gasteiger partial charge in [-0.15, -0.1) is 0 Å². The van der Waals surface area contributed by atoms with Crippen LogP contribution in [0.15, 0.2) is 36.0 Å². The second-order valence-corrected chi connectivity index (χ2v) is 3.50. The topological polar surface area (TPSA) is 26.0 Å². The van der Waals surface area contributed by atoms with Gasteiger partial charge in [-0.2, -0.15) is 0 Å². The lowest BCUT2D eigenvalue weighted by atomic mass is 10.1. The van der Waals surface area contributed by atoms with E-state index in [9.17, 15) is 4.39 Å². The molecule has 1 unspecified atom stereocenters. The highest BCUT2D eigenvalue weighted by Crippen LogP contribution is 2.09. The number of hydrogen-bond acceptors (Lipinski definition) is 1. The van der Waals surface area contributed by atoms with Crippen molar-refractivity contribution in [2.75, 3.05) is 6.67 Å². The zero-order valence-electron chi connectivity index (χ0n) is 9.09. The van der Waals surface area contributed by atoms with Gasteiger partial charge in [0, 0.05) is 6.04 Å². The smallest absolute Gasteiger partial charge is 0.104 e. The fourth-order valence-corrected chi connectivity index (χ4v) is 1.00. The van der Waals surface area contributed by atoms with Crippen molar-refractivity contribution in [2.24, 2.45) is 5.73 Å². The van der Waals surface area contributed by atoms with Crippen LogP contribution >= 0.6 is 0 Å². The summed E-state index contributed by atoms with van der Waals surface area (Å²) in [4.78, 5) is 0. The van der Waals surface area contributed by atoms with E-state index in [1.807, 2.05) is 32.1 Å².